The number of anilines is 1. The van der Waals surface area contributed by atoms with Crippen LogP contribution in [0.5, 0.6) is 0 Å². The van der Waals surface area contributed by atoms with Crippen molar-refractivity contribution in [3.63, 3.8) is 0 Å². The van der Waals surface area contributed by atoms with Crippen molar-refractivity contribution in [2.75, 3.05) is 5.32 Å². The zero-order chi connectivity index (χ0) is 14.4. The zero-order valence-corrected chi connectivity index (χ0v) is 10.9. The second-order valence-corrected chi connectivity index (χ2v) is 4.13. The second-order valence-electron chi connectivity index (χ2n) is 3.32. The van der Waals surface area contributed by atoms with Gasteiger partial charge in [-0.15, -0.1) is 0 Å². The molecule has 0 saturated carbocycles. The first-order valence-electron chi connectivity index (χ1n) is 4.97. The Kier molecular flexibility index (Phi) is 5.41. The van der Waals surface area contributed by atoms with Gasteiger partial charge in [-0.2, -0.15) is 0 Å². The predicted molar refractivity (Wildman–Crippen MR) is 72.6 cm³/mol. The molecule has 0 aliphatic carbocycles. The number of carboxylic acids is 2. The Bertz CT molecular complexity index is 547. The molecule has 0 fully saturated rings. The summed E-state index contributed by atoms with van der Waals surface area (Å²) in [6.45, 7) is 0. The van der Waals surface area contributed by atoms with Crippen LogP contribution >= 0.6 is 23.2 Å². The normalized spacial score (nSPS) is 11.6. The number of halogens is 2. The highest BCUT2D eigenvalue weighted by molar-refractivity contribution is 6.39. The molecule has 1 aromatic rings. The van der Waals surface area contributed by atoms with Crippen LogP contribution in [-0.2, 0) is 9.59 Å². The lowest BCUT2D eigenvalue weighted by molar-refractivity contribution is -0.132. The smallest absolute Gasteiger partial charge is 0.337 e. The molecular formula is C12H9Cl2NO4. The van der Waals surface area contributed by atoms with Crippen molar-refractivity contribution >= 4 is 40.8 Å². The van der Waals surface area contributed by atoms with E-state index in [4.69, 9.17) is 33.4 Å². The van der Waals surface area contributed by atoms with Gasteiger partial charge in [-0.3, -0.25) is 0 Å². The van der Waals surface area contributed by atoms with Crippen LogP contribution in [0.3, 0.4) is 0 Å². The fourth-order valence-corrected chi connectivity index (χ4v) is 1.63. The van der Waals surface area contributed by atoms with Crippen LogP contribution in [0.25, 0.3) is 0 Å². The van der Waals surface area contributed by atoms with E-state index >= 15 is 0 Å². The molecule has 0 aliphatic rings. The van der Waals surface area contributed by atoms with E-state index in [1.807, 2.05) is 0 Å². The first kappa shape index (κ1) is 15.1. The third-order valence-electron chi connectivity index (χ3n) is 1.99. The molecular weight excluding hydrogens is 293 g/mol. The molecule has 7 heteroatoms. The Morgan fingerprint density at radius 1 is 1.11 bits per heavy atom. The third-order valence-corrected chi connectivity index (χ3v) is 2.62. The van der Waals surface area contributed by atoms with Crippen molar-refractivity contribution in [1.29, 1.82) is 0 Å². The summed E-state index contributed by atoms with van der Waals surface area (Å²) >= 11 is 11.8. The summed E-state index contributed by atoms with van der Waals surface area (Å²) in [5.74, 6) is -2.53. The minimum absolute atomic E-state index is 0.251. The molecule has 0 aliphatic heterocycles. The Labute approximate surface area is 118 Å². The Morgan fingerprint density at radius 2 is 1.68 bits per heavy atom. The van der Waals surface area contributed by atoms with E-state index in [0.29, 0.717) is 15.7 Å². The van der Waals surface area contributed by atoms with Gasteiger partial charge in [-0.05, 0) is 18.2 Å². The van der Waals surface area contributed by atoms with Crippen molar-refractivity contribution in [2.45, 2.75) is 0 Å². The first-order valence-corrected chi connectivity index (χ1v) is 5.72. The van der Waals surface area contributed by atoms with Crippen LogP contribution in [0, 0.1) is 0 Å². The lowest BCUT2D eigenvalue weighted by Gasteiger charge is -2.06. The van der Waals surface area contributed by atoms with E-state index < -0.39 is 11.9 Å². The summed E-state index contributed by atoms with van der Waals surface area (Å²) in [4.78, 5) is 21.2. The lowest BCUT2D eigenvalue weighted by atomic mass is 10.2. The minimum Gasteiger partial charge on any atom is -0.478 e. The van der Waals surface area contributed by atoms with Gasteiger partial charge in [0, 0.05) is 12.3 Å². The molecule has 0 bridgehead atoms. The molecule has 0 aromatic heterocycles. The van der Waals surface area contributed by atoms with Gasteiger partial charge in [0.2, 0.25) is 0 Å². The molecule has 0 saturated heterocycles. The largest absolute Gasteiger partial charge is 0.478 e. The van der Waals surface area contributed by atoms with Crippen molar-refractivity contribution in [3.8, 4) is 0 Å². The summed E-state index contributed by atoms with van der Waals surface area (Å²) in [5.41, 5.74) is 0.0895. The number of carboxylic acid groups (broad SMARTS) is 2. The Balaban J connectivity index is 2.99. The monoisotopic (exact) mass is 301 g/mol. The van der Waals surface area contributed by atoms with E-state index in [0.717, 1.165) is 18.4 Å². The number of benzene rings is 1. The molecule has 0 amide bonds. The molecule has 0 radical (unpaired) electrons. The number of para-hydroxylation sites is 1. The zero-order valence-electron chi connectivity index (χ0n) is 9.43. The first-order chi connectivity index (χ1) is 8.91. The van der Waals surface area contributed by atoms with Gasteiger partial charge in [0.1, 0.15) is 0 Å². The van der Waals surface area contributed by atoms with Crippen LogP contribution in [0.4, 0.5) is 5.69 Å². The van der Waals surface area contributed by atoms with Crippen molar-refractivity contribution < 1.29 is 19.8 Å². The SMILES string of the molecule is O=C(O)/C=C/C(=C/Nc1c(Cl)cccc1Cl)C(=O)O. The van der Waals surface area contributed by atoms with Crippen LogP contribution in [-0.4, -0.2) is 22.2 Å². The summed E-state index contributed by atoms with van der Waals surface area (Å²) in [7, 11) is 0. The molecule has 100 valence electrons. The topological polar surface area (TPSA) is 86.6 Å². The fraction of sp³-hybridized carbons (Fsp3) is 0. The van der Waals surface area contributed by atoms with Gasteiger partial charge >= 0.3 is 11.9 Å². The maximum atomic E-state index is 10.9. The van der Waals surface area contributed by atoms with Crippen LogP contribution in [0.2, 0.25) is 10.0 Å². The van der Waals surface area contributed by atoms with Crippen molar-refractivity contribution in [1.82, 2.24) is 0 Å². The predicted octanol–water partition coefficient (Wildman–Crippen LogP) is 3.01. The molecule has 0 heterocycles. The Morgan fingerprint density at radius 3 is 2.16 bits per heavy atom. The van der Waals surface area contributed by atoms with Gasteiger partial charge in [-0.1, -0.05) is 29.3 Å². The molecule has 1 rings (SSSR count). The van der Waals surface area contributed by atoms with E-state index in [2.05, 4.69) is 5.32 Å². The van der Waals surface area contributed by atoms with Gasteiger partial charge in [0.15, 0.2) is 0 Å². The van der Waals surface area contributed by atoms with Gasteiger partial charge < -0.3 is 15.5 Å². The Hall–Kier alpha value is -1.98. The summed E-state index contributed by atoms with van der Waals surface area (Å²) < 4.78 is 0. The van der Waals surface area contributed by atoms with Crippen molar-refractivity contribution in [3.05, 3.63) is 52.2 Å². The average Bonchev–Trinajstić information content (AvgIpc) is 2.31. The van der Waals surface area contributed by atoms with E-state index in [9.17, 15) is 9.59 Å². The summed E-state index contributed by atoms with van der Waals surface area (Å²) in [6, 6.07) is 4.80. The van der Waals surface area contributed by atoms with E-state index in [1.165, 1.54) is 0 Å². The summed E-state index contributed by atoms with van der Waals surface area (Å²) in [6.07, 6.45) is 2.77. The van der Waals surface area contributed by atoms with Gasteiger partial charge in [-0.25, -0.2) is 9.59 Å². The number of aliphatic carboxylic acids is 2. The molecule has 5 nitrogen and oxygen atoms in total. The number of rotatable bonds is 5. The lowest BCUT2D eigenvalue weighted by Crippen LogP contribution is -2.02. The molecule has 0 atom stereocenters. The number of hydrogen-bond acceptors (Lipinski definition) is 3. The van der Waals surface area contributed by atoms with E-state index in [-0.39, 0.29) is 5.57 Å². The molecule has 1 aromatic carbocycles. The fourth-order valence-electron chi connectivity index (χ4n) is 1.13. The molecule has 0 spiro atoms. The van der Waals surface area contributed by atoms with Crippen LogP contribution in [0.1, 0.15) is 0 Å². The highest BCUT2D eigenvalue weighted by Gasteiger charge is 2.07. The van der Waals surface area contributed by atoms with E-state index in [1.54, 1.807) is 18.2 Å². The third kappa shape index (κ3) is 4.65. The standard InChI is InChI=1S/C12H9Cl2NO4/c13-8-2-1-3-9(14)11(8)15-6-7(12(18)19)4-5-10(16)17/h1-6,15H,(H,16,17)(H,18,19)/b5-4+,7-6-. The highest BCUT2D eigenvalue weighted by Crippen LogP contribution is 2.29. The quantitative estimate of drug-likeness (QED) is 0.575. The molecule has 19 heavy (non-hydrogen) atoms. The highest BCUT2D eigenvalue weighted by atomic mass is 35.5. The minimum atomic E-state index is -1.28. The average molecular weight is 302 g/mol. The number of nitrogens with one attached hydrogen (secondary N) is 1. The van der Waals surface area contributed by atoms with Gasteiger partial charge in [0.25, 0.3) is 0 Å². The maximum absolute atomic E-state index is 10.9. The second kappa shape index (κ2) is 6.82. The molecule has 0 unspecified atom stereocenters. The van der Waals surface area contributed by atoms with Crippen LogP contribution < -0.4 is 5.32 Å². The number of hydrogen-bond donors (Lipinski definition) is 3. The van der Waals surface area contributed by atoms with Gasteiger partial charge in [0.05, 0.1) is 21.3 Å². The maximum Gasteiger partial charge on any atom is 0.337 e. The van der Waals surface area contributed by atoms with Crippen molar-refractivity contribution in [2.24, 2.45) is 0 Å². The van der Waals surface area contributed by atoms with Crippen LogP contribution in [0.15, 0.2) is 42.1 Å². The molecule has 3 N–H and O–H groups in total. The summed E-state index contributed by atoms with van der Waals surface area (Å²) in [5, 5.41) is 20.6. The number of carbonyl (C=O) groups is 2.